The standard InChI is InChI=1S/C25H32N4O4S/c1-17-5-4-6-23(27-17)29-25(10-12-34(29,31)32)9-11-28(18(2)14-25)15-20-7-8-22(30)21(13-20)24-19(3)33-16-26-24/h4-8,13,16,18,30-32H,9-12,14-15H2,1-3H3/t18-,25-/m0/s1. The maximum absolute atomic E-state index is 10.9. The minimum Gasteiger partial charge on any atom is -0.507 e. The van der Waals surface area contributed by atoms with Crippen LogP contribution in [0.25, 0.3) is 11.3 Å². The van der Waals surface area contributed by atoms with E-state index in [0.717, 1.165) is 43.6 Å². The highest BCUT2D eigenvalue weighted by atomic mass is 32.3. The van der Waals surface area contributed by atoms with E-state index in [1.807, 2.05) is 48.5 Å². The number of anilines is 1. The summed E-state index contributed by atoms with van der Waals surface area (Å²) in [5.41, 5.74) is 2.97. The van der Waals surface area contributed by atoms with Crippen LogP contribution >= 0.6 is 10.8 Å². The summed E-state index contributed by atoms with van der Waals surface area (Å²) in [5, 5.41) is 10.4. The molecular weight excluding hydrogens is 452 g/mol. The van der Waals surface area contributed by atoms with Gasteiger partial charge in [-0.3, -0.25) is 14.0 Å². The highest BCUT2D eigenvalue weighted by Gasteiger charge is 2.53. The lowest BCUT2D eigenvalue weighted by molar-refractivity contribution is 0.102. The molecule has 1 aromatic carbocycles. The minimum atomic E-state index is -2.90. The Hall–Kier alpha value is -2.59. The van der Waals surface area contributed by atoms with Gasteiger partial charge in [0.2, 0.25) is 0 Å². The molecule has 2 aromatic heterocycles. The number of rotatable bonds is 4. The Kier molecular flexibility index (Phi) is 5.84. The van der Waals surface area contributed by atoms with Crippen LogP contribution in [-0.4, -0.2) is 53.0 Å². The average molecular weight is 485 g/mol. The Balaban J connectivity index is 1.37. The Morgan fingerprint density at radius 2 is 2.00 bits per heavy atom. The number of oxazole rings is 1. The molecule has 3 N–H and O–H groups in total. The second kappa shape index (κ2) is 8.57. The number of hydrogen-bond acceptors (Lipinski definition) is 8. The second-order valence-electron chi connectivity index (χ2n) is 9.62. The van der Waals surface area contributed by atoms with E-state index in [4.69, 9.17) is 4.42 Å². The first-order valence-electron chi connectivity index (χ1n) is 11.6. The molecule has 3 aromatic rings. The van der Waals surface area contributed by atoms with Crippen molar-refractivity contribution in [2.45, 2.75) is 58.2 Å². The van der Waals surface area contributed by atoms with Crippen LogP contribution in [0.5, 0.6) is 5.75 Å². The van der Waals surface area contributed by atoms with Gasteiger partial charge in [0.1, 0.15) is 23.0 Å². The lowest BCUT2D eigenvalue weighted by Gasteiger charge is -2.51. The second-order valence-corrected chi connectivity index (χ2v) is 11.7. The molecule has 8 nitrogen and oxygen atoms in total. The molecule has 5 rings (SSSR count). The van der Waals surface area contributed by atoms with E-state index in [-0.39, 0.29) is 17.3 Å². The number of nitrogens with zero attached hydrogens (tertiary/aromatic N) is 4. The van der Waals surface area contributed by atoms with Gasteiger partial charge in [-0.15, -0.1) is 10.8 Å². The summed E-state index contributed by atoms with van der Waals surface area (Å²) >= 11 is 0. The van der Waals surface area contributed by atoms with Gasteiger partial charge in [0, 0.05) is 30.4 Å². The van der Waals surface area contributed by atoms with E-state index < -0.39 is 10.8 Å². The van der Waals surface area contributed by atoms with Crippen LogP contribution in [0.4, 0.5) is 5.82 Å². The maximum Gasteiger partial charge on any atom is 0.181 e. The predicted octanol–water partition coefficient (Wildman–Crippen LogP) is 5.36. The fourth-order valence-corrected chi connectivity index (χ4v) is 7.65. The number of phenolic OH excluding ortho intramolecular Hbond substituents is 1. The molecular formula is C25H32N4O4S. The molecule has 9 heteroatoms. The van der Waals surface area contributed by atoms with Crippen LogP contribution in [0.15, 0.2) is 47.2 Å². The fraction of sp³-hybridized carbons (Fsp3) is 0.440. The minimum absolute atomic E-state index is 0.184. The van der Waals surface area contributed by atoms with Gasteiger partial charge in [0.15, 0.2) is 6.39 Å². The van der Waals surface area contributed by atoms with Crippen LogP contribution in [0, 0.1) is 13.8 Å². The topological polar surface area (TPSA) is 106 Å². The molecule has 0 radical (unpaired) electrons. The average Bonchev–Trinajstić information content (AvgIpc) is 3.31. The third-order valence-electron chi connectivity index (χ3n) is 7.26. The van der Waals surface area contributed by atoms with Gasteiger partial charge in [-0.05, 0) is 69.9 Å². The lowest BCUT2D eigenvalue weighted by atomic mass is 9.81. The smallest absolute Gasteiger partial charge is 0.181 e. The molecule has 2 aliphatic rings. The number of piperidine rings is 1. The van der Waals surface area contributed by atoms with Gasteiger partial charge >= 0.3 is 0 Å². The molecule has 4 heterocycles. The number of aromatic hydroxyl groups is 1. The van der Waals surface area contributed by atoms with Gasteiger partial charge in [0.25, 0.3) is 0 Å². The SMILES string of the molecule is Cc1cccc(N2[C@@]3(CCN(Cc4ccc(O)c(-c5ncoc5C)c4)[C@@H](C)C3)CCS2(O)O)n1. The van der Waals surface area contributed by atoms with E-state index in [1.54, 1.807) is 6.07 Å². The first-order chi connectivity index (χ1) is 16.2. The number of phenols is 1. The van der Waals surface area contributed by atoms with Gasteiger partial charge in [-0.1, -0.05) is 12.1 Å². The molecule has 34 heavy (non-hydrogen) atoms. The molecule has 1 spiro atoms. The zero-order valence-corrected chi connectivity index (χ0v) is 20.6. The molecule has 0 saturated carbocycles. The van der Waals surface area contributed by atoms with Crippen molar-refractivity contribution >= 4 is 16.6 Å². The maximum atomic E-state index is 10.9. The molecule has 182 valence electrons. The summed E-state index contributed by atoms with van der Waals surface area (Å²) in [6, 6.07) is 11.6. The van der Waals surface area contributed by atoms with Crippen LogP contribution in [-0.2, 0) is 6.54 Å². The molecule has 0 aliphatic carbocycles. The van der Waals surface area contributed by atoms with Crippen LogP contribution in [0.3, 0.4) is 0 Å². The van der Waals surface area contributed by atoms with E-state index >= 15 is 0 Å². The summed E-state index contributed by atoms with van der Waals surface area (Å²) in [5.74, 6) is 1.90. The Morgan fingerprint density at radius 3 is 2.71 bits per heavy atom. The first-order valence-corrected chi connectivity index (χ1v) is 13.3. The van der Waals surface area contributed by atoms with Crippen LogP contribution in [0.2, 0.25) is 0 Å². The Labute approximate surface area is 201 Å². The van der Waals surface area contributed by atoms with E-state index in [9.17, 15) is 14.2 Å². The van der Waals surface area contributed by atoms with Crippen molar-refractivity contribution in [1.29, 1.82) is 0 Å². The summed E-state index contributed by atoms with van der Waals surface area (Å²) in [6.07, 6.45) is 3.80. The van der Waals surface area contributed by atoms with Gasteiger partial charge in [-0.2, -0.15) is 0 Å². The van der Waals surface area contributed by atoms with Crippen LogP contribution in [0.1, 0.15) is 43.2 Å². The highest BCUT2D eigenvalue weighted by Crippen LogP contribution is 2.60. The van der Waals surface area contributed by atoms with E-state index in [2.05, 4.69) is 21.8 Å². The molecule has 2 aliphatic heterocycles. The van der Waals surface area contributed by atoms with Gasteiger partial charge in [0.05, 0.1) is 11.3 Å². The van der Waals surface area contributed by atoms with Crippen molar-refractivity contribution < 1.29 is 18.6 Å². The quantitative estimate of drug-likeness (QED) is 0.455. The number of aryl methyl sites for hydroxylation is 2. The van der Waals surface area contributed by atoms with Crippen molar-refractivity contribution in [3.63, 3.8) is 0 Å². The fourth-order valence-electron chi connectivity index (χ4n) is 5.53. The Morgan fingerprint density at radius 1 is 1.18 bits per heavy atom. The zero-order chi connectivity index (χ0) is 24.1. The Bertz CT molecular complexity index is 1200. The molecule has 2 atom stereocenters. The summed E-state index contributed by atoms with van der Waals surface area (Å²) in [4.78, 5) is 11.3. The number of benzene rings is 1. The van der Waals surface area contributed by atoms with Crippen molar-refractivity contribution in [1.82, 2.24) is 14.9 Å². The molecule has 0 amide bonds. The number of pyridine rings is 1. The number of hydrogen-bond donors (Lipinski definition) is 3. The third kappa shape index (κ3) is 4.07. The first kappa shape index (κ1) is 23.2. The van der Waals surface area contributed by atoms with Crippen molar-refractivity contribution in [3.05, 3.63) is 59.8 Å². The van der Waals surface area contributed by atoms with Crippen LogP contribution < -0.4 is 4.31 Å². The van der Waals surface area contributed by atoms with Crippen molar-refractivity contribution in [2.75, 3.05) is 16.6 Å². The van der Waals surface area contributed by atoms with Crippen molar-refractivity contribution in [3.8, 4) is 17.0 Å². The number of likely N-dealkylation sites (tertiary alicyclic amines) is 1. The largest absolute Gasteiger partial charge is 0.507 e. The molecule has 2 fully saturated rings. The third-order valence-corrected chi connectivity index (χ3v) is 9.17. The zero-order valence-electron chi connectivity index (χ0n) is 19.8. The lowest BCUT2D eigenvalue weighted by Crippen LogP contribution is -2.55. The monoisotopic (exact) mass is 484 g/mol. The summed E-state index contributed by atoms with van der Waals surface area (Å²) in [7, 11) is -2.90. The molecule has 2 saturated heterocycles. The predicted molar refractivity (Wildman–Crippen MR) is 134 cm³/mol. The number of aromatic nitrogens is 2. The summed E-state index contributed by atoms with van der Waals surface area (Å²) in [6.45, 7) is 7.53. The normalized spacial score (nSPS) is 25.7. The van der Waals surface area contributed by atoms with Gasteiger partial charge in [-0.25, -0.2) is 14.3 Å². The summed E-state index contributed by atoms with van der Waals surface area (Å²) < 4.78 is 29.1. The molecule has 0 bridgehead atoms. The van der Waals surface area contributed by atoms with Crippen molar-refractivity contribution in [2.24, 2.45) is 0 Å². The molecule has 0 unspecified atom stereocenters. The highest BCUT2D eigenvalue weighted by molar-refractivity contribution is 8.25. The van der Waals surface area contributed by atoms with Gasteiger partial charge < -0.3 is 9.52 Å². The van der Waals surface area contributed by atoms with E-state index in [0.29, 0.717) is 28.6 Å². The van der Waals surface area contributed by atoms with E-state index in [1.165, 1.54) is 6.39 Å².